The Morgan fingerprint density at radius 3 is 2.53 bits per heavy atom. The van der Waals surface area contributed by atoms with E-state index in [1.165, 1.54) is 106 Å². The Bertz CT molecular complexity index is 857. The minimum Gasteiger partial charge on any atom is -0.303 e. The minimum absolute atomic E-state index is 0.147. The number of rotatable bonds is 8. The molecule has 1 amide bonds. The molecule has 4 nitrogen and oxygen atoms in total. The van der Waals surface area contributed by atoms with E-state index in [0.717, 1.165) is 29.3 Å². The number of hydrogen-bond donors (Lipinski definition) is 1. The van der Waals surface area contributed by atoms with Crippen molar-refractivity contribution in [2.45, 2.75) is 101 Å². The molecule has 2 heterocycles. The number of hydrogen-bond acceptors (Lipinski definition) is 5. The lowest BCUT2D eigenvalue weighted by molar-refractivity contribution is -0.115. The van der Waals surface area contributed by atoms with E-state index in [0.29, 0.717) is 11.8 Å². The van der Waals surface area contributed by atoms with Crippen LogP contribution in [0.1, 0.15) is 96.8 Å². The standard InChI is InChI=1S/C28H43N3OS2/c1-21-11-13-28(14-12-21)23(26(28)22-9-5-4-6-10-22)19-24(32)30-27-29-20-25(34-27)33-18-17-31-15-7-2-3-8-16-31/h20-22H,2-19H2,1H3,(H,29,30,32). The number of amides is 1. The Morgan fingerprint density at radius 1 is 1.09 bits per heavy atom. The number of carbonyl (C=O) groups excluding carboxylic acids is 1. The van der Waals surface area contributed by atoms with Crippen LogP contribution in [-0.2, 0) is 4.79 Å². The van der Waals surface area contributed by atoms with Crippen molar-refractivity contribution in [1.29, 1.82) is 0 Å². The van der Waals surface area contributed by atoms with Crippen LogP contribution in [0.4, 0.5) is 5.13 Å². The molecular weight excluding hydrogens is 458 g/mol. The highest BCUT2D eigenvalue weighted by Gasteiger charge is 2.55. The summed E-state index contributed by atoms with van der Waals surface area (Å²) in [6, 6.07) is 0. The summed E-state index contributed by atoms with van der Waals surface area (Å²) >= 11 is 3.53. The third kappa shape index (κ3) is 5.92. The van der Waals surface area contributed by atoms with Crippen molar-refractivity contribution in [3.63, 3.8) is 0 Å². The largest absolute Gasteiger partial charge is 0.303 e. The Labute approximate surface area is 214 Å². The first-order chi connectivity index (χ1) is 16.6. The molecule has 34 heavy (non-hydrogen) atoms. The average Bonchev–Trinajstić information content (AvgIpc) is 3.34. The van der Waals surface area contributed by atoms with Gasteiger partial charge >= 0.3 is 0 Å². The summed E-state index contributed by atoms with van der Waals surface area (Å²) < 4.78 is 1.22. The predicted octanol–water partition coefficient (Wildman–Crippen LogP) is 7.53. The lowest BCUT2D eigenvalue weighted by Crippen LogP contribution is -2.26. The van der Waals surface area contributed by atoms with Crippen LogP contribution in [-0.4, -0.2) is 41.2 Å². The average molecular weight is 502 g/mol. The second-order valence-electron chi connectivity index (χ2n) is 11.3. The molecule has 5 rings (SSSR count). The zero-order valence-electron chi connectivity index (χ0n) is 21.1. The van der Waals surface area contributed by atoms with E-state index in [-0.39, 0.29) is 5.91 Å². The Kier molecular flexibility index (Phi) is 8.38. The molecule has 1 N–H and O–H groups in total. The number of aromatic nitrogens is 1. The Balaban J connectivity index is 1.13. The van der Waals surface area contributed by atoms with E-state index in [1.807, 2.05) is 18.0 Å². The number of nitrogens with zero attached hydrogens (tertiary/aromatic N) is 2. The van der Waals surface area contributed by atoms with Gasteiger partial charge in [-0.25, -0.2) is 4.98 Å². The van der Waals surface area contributed by atoms with Gasteiger partial charge in [-0.3, -0.25) is 4.79 Å². The van der Waals surface area contributed by atoms with Crippen molar-refractivity contribution < 1.29 is 4.79 Å². The van der Waals surface area contributed by atoms with E-state index < -0.39 is 0 Å². The van der Waals surface area contributed by atoms with Gasteiger partial charge in [0.25, 0.3) is 0 Å². The molecule has 3 fully saturated rings. The van der Waals surface area contributed by atoms with Crippen molar-refractivity contribution in [3.8, 4) is 0 Å². The monoisotopic (exact) mass is 501 g/mol. The SMILES string of the molecule is CC1CCC2(CC1)C(CC(=O)Nc1ncc(SCCN3CCCCCC3)s1)=C2C1CCCCC1. The molecule has 1 aromatic heterocycles. The minimum atomic E-state index is 0.147. The summed E-state index contributed by atoms with van der Waals surface area (Å²) in [6.07, 6.45) is 20.1. The van der Waals surface area contributed by atoms with Gasteiger partial charge in [0.1, 0.15) is 0 Å². The maximum atomic E-state index is 13.1. The van der Waals surface area contributed by atoms with Crippen LogP contribution in [0.15, 0.2) is 21.6 Å². The summed E-state index contributed by atoms with van der Waals surface area (Å²) in [5.41, 5.74) is 3.56. The fraction of sp³-hybridized carbons (Fsp3) is 0.786. The van der Waals surface area contributed by atoms with Crippen molar-refractivity contribution in [2.75, 3.05) is 30.7 Å². The molecular formula is C28H43N3OS2. The van der Waals surface area contributed by atoms with Gasteiger partial charge in [-0.15, -0.1) is 11.8 Å². The van der Waals surface area contributed by atoms with E-state index in [1.54, 1.807) is 16.9 Å². The maximum absolute atomic E-state index is 13.1. The summed E-state index contributed by atoms with van der Waals surface area (Å²) in [7, 11) is 0. The van der Waals surface area contributed by atoms with Gasteiger partial charge in [0.2, 0.25) is 5.91 Å². The zero-order valence-corrected chi connectivity index (χ0v) is 22.7. The predicted molar refractivity (Wildman–Crippen MR) is 145 cm³/mol. The second kappa shape index (κ2) is 11.5. The highest BCUT2D eigenvalue weighted by Crippen LogP contribution is 2.67. The molecule has 188 valence electrons. The van der Waals surface area contributed by atoms with Gasteiger partial charge in [0.15, 0.2) is 5.13 Å². The van der Waals surface area contributed by atoms with Crippen LogP contribution in [0.3, 0.4) is 0 Å². The number of thioether (sulfide) groups is 1. The number of thiazole rings is 1. The molecule has 0 bridgehead atoms. The Hall–Kier alpha value is -0.850. The fourth-order valence-electron chi connectivity index (χ4n) is 6.91. The molecule has 0 aromatic carbocycles. The maximum Gasteiger partial charge on any atom is 0.230 e. The number of allylic oxidation sites excluding steroid dienone is 1. The van der Waals surface area contributed by atoms with Crippen molar-refractivity contribution in [1.82, 2.24) is 9.88 Å². The lowest BCUT2D eigenvalue weighted by atomic mass is 9.72. The zero-order chi connectivity index (χ0) is 23.4. The molecule has 1 saturated heterocycles. The number of nitrogens with one attached hydrogen (secondary N) is 1. The van der Waals surface area contributed by atoms with Crippen LogP contribution in [0.5, 0.6) is 0 Å². The normalized spacial score (nSPS) is 28.8. The summed E-state index contributed by atoms with van der Waals surface area (Å²) in [5.74, 6) is 2.86. The first-order valence-corrected chi connectivity index (χ1v) is 15.8. The quantitative estimate of drug-likeness (QED) is 0.295. The third-order valence-electron chi connectivity index (χ3n) is 8.92. The van der Waals surface area contributed by atoms with Gasteiger partial charge < -0.3 is 10.2 Å². The first-order valence-electron chi connectivity index (χ1n) is 14.0. The lowest BCUT2D eigenvalue weighted by Gasteiger charge is -2.32. The van der Waals surface area contributed by atoms with E-state index in [9.17, 15) is 4.79 Å². The molecule has 1 aliphatic heterocycles. The number of anilines is 1. The summed E-state index contributed by atoms with van der Waals surface area (Å²) in [5, 5.41) is 3.92. The van der Waals surface area contributed by atoms with Crippen LogP contribution < -0.4 is 5.32 Å². The van der Waals surface area contributed by atoms with Gasteiger partial charge in [0.05, 0.1) is 10.4 Å². The summed E-state index contributed by atoms with van der Waals surface area (Å²) in [6.45, 7) is 6.06. The van der Waals surface area contributed by atoms with Gasteiger partial charge in [-0.2, -0.15) is 0 Å². The van der Waals surface area contributed by atoms with Crippen LogP contribution in [0.2, 0.25) is 0 Å². The van der Waals surface area contributed by atoms with Crippen LogP contribution in [0.25, 0.3) is 0 Å². The Morgan fingerprint density at radius 2 is 1.79 bits per heavy atom. The molecule has 0 radical (unpaired) electrons. The molecule has 4 aliphatic rings. The second-order valence-corrected chi connectivity index (χ2v) is 13.7. The highest BCUT2D eigenvalue weighted by atomic mass is 32.2. The smallest absolute Gasteiger partial charge is 0.230 e. The van der Waals surface area contributed by atoms with E-state index in [2.05, 4.69) is 22.1 Å². The topological polar surface area (TPSA) is 45.2 Å². The molecule has 1 aromatic rings. The van der Waals surface area contributed by atoms with Crippen molar-refractivity contribution >= 4 is 34.1 Å². The molecule has 0 atom stereocenters. The van der Waals surface area contributed by atoms with Gasteiger partial charge in [-0.05, 0) is 76.3 Å². The highest BCUT2D eigenvalue weighted by molar-refractivity contribution is 8.01. The summed E-state index contributed by atoms with van der Waals surface area (Å²) in [4.78, 5) is 20.2. The molecule has 1 spiro atoms. The van der Waals surface area contributed by atoms with Crippen molar-refractivity contribution in [2.24, 2.45) is 17.3 Å². The van der Waals surface area contributed by atoms with Crippen molar-refractivity contribution in [3.05, 3.63) is 17.3 Å². The molecule has 3 aliphatic carbocycles. The first kappa shape index (κ1) is 24.8. The van der Waals surface area contributed by atoms with Gasteiger partial charge in [-0.1, -0.05) is 61.5 Å². The number of carbonyl (C=O) groups is 1. The molecule has 2 saturated carbocycles. The third-order valence-corrected chi connectivity index (χ3v) is 11.0. The van der Waals surface area contributed by atoms with E-state index >= 15 is 0 Å². The molecule has 6 heteroatoms. The van der Waals surface area contributed by atoms with Crippen LogP contribution in [0, 0.1) is 17.3 Å². The van der Waals surface area contributed by atoms with Gasteiger partial charge in [0, 0.05) is 24.1 Å². The van der Waals surface area contributed by atoms with E-state index in [4.69, 9.17) is 0 Å². The number of likely N-dealkylation sites (tertiary alicyclic amines) is 1. The fourth-order valence-corrected chi connectivity index (χ4v) is 8.88. The van der Waals surface area contributed by atoms with Crippen LogP contribution >= 0.6 is 23.1 Å². The molecule has 0 unspecified atom stereocenters.